The highest BCUT2D eigenvalue weighted by atomic mass is 35.5. The van der Waals surface area contributed by atoms with Gasteiger partial charge >= 0.3 is 0 Å². The quantitative estimate of drug-likeness (QED) is 0.802. The van der Waals surface area contributed by atoms with Crippen LogP contribution in [-0.4, -0.2) is 31.2 Å². The lowest BCUT2D eigenvalue weighted by Crippen LogP contribution is -2.37. The van der Waals surface area contributed by atoms with Gasteiger partial charge in [0.2, 0.25) is 0 Å². The van der Waals surface area contributed by atoms with Gasteiger partial charge in [-0.15, -0.1) is 22.9 Å². The fourth-order valence-corrected chi connectivity index (χ4v) is 6.56. The average molecular weight is 306 g/mol. The van der Waals surface area contributed by atoms with Crippen LogP contribution in [0.5, 0.6) is 0 Å². The second-order valence-corrected chi connectivity index (χ2v) is 8.73. The molecule has 1 aliphatic heterocycles. The summed E-state index contributed by atoms with van der Waals surface area (Å²) >= 11 is 7.05. The van der Waals surface area contributed by atoms with Crippen molar-refractivity contribution >= 4 is 33.0 Å². The number of aryl methyl sites for hydroxylation is 1. The molecule has 1 saturated carbocycles. The van der Waals surface area contributed by atoms with Gasteiger partial charge in [0.1, 0.15) is 4.21 Å². The van der Waals surface area contributed by atoms with Crippen molar-refractivity contribution in [3.63, 3.8) is 0 Å². The number of nitrogens with zero attached hydrogens (tertiary/aromatic N) is 1. The van der Waals surface area contributed by atoms with Gasteiger partial charge in [0.15, 0.2) is 0 Å². The van der Waals surface area contributed by atoms with Gasteiger partial charge in [-0.05, 0) is 43.7 Å². The SMILES string of the molecule is O=S(=O)(c1ccc(CCCl)s1)N1CC2CCC1C2. The second kappa shape index (κ2) is 4.78. The van der Waals surface area contributed by atoms with E-state index in [9.17, 15) is 8.42 Å². The van der Waals surface area contributed by atoms with Crippen molar-refractivity contribution in [2.24, 2.45) is 5.92 Å². The molecule has 2 fully saturated rings. The van der Waals surface area contributed by atoms with E-state index in [1.54, 1.807) is 10.4 Å². The number of fused-ring (bicyclic) bond motifs is 2. The number of piperidine rings is 1. The van der Waals surface area contributed by atoms with E-state index in [0.717, 1.165) is 30.7 Å². The molecule has 0 radical (unpaired) electrons. The molecule has 2 aliphatic rings. The molecule has 1 saturated heterocycles. The van der Waals surface area contributed by atoms with Crippen LogP contribution in [-0.2, 0) is 16.4 Å². The standard InChI is InChI=1S/C12H16ClNO2S2/c13-6-5-11-3-4-12(17-11)18(15,16)14-8-9-1-2-10(14)7-9/h3-4,9-10H,1-2,5-8H2. The molecule has 2 bridgehead atoms. The molecule has 1 aliphatic carbocycles. The smallest absolute Gasteiger partial charge is 0.206 e. The zero-order chi connectivity index (χ0) is 12.8. The summed E-state index contributed by atoms with van der Waals surface area (Å²) in [4.78, 5) is 1.05. The third kappa shape index (κ3) is 2.11. The molecule has 0 aromatic carbocycles. The Labute approximate surface area is 117 Å². The lowest BCUT2D eigenvalue weighted by Gasteiger charge is -2.25. The predicted molar refractivity (Wildman–Crippen MR) is 73.8 cm³/mol. The minimum atomic E-state index is -3.26. The predicted octanol–water partition coefficient (Wildman–Crippen LogP) is 2.70. The molecule has 2 unspecified atom stereocenters. The maximum Gasteiger partial charge on any atom is 0.252 e. The molecule has 2 heterocycles. The van der Waals surface area contributed by atoms with E-state index in [1.165, 1.54) is 17.8 Å². The minimum Gasteiger partial charge on any atom is -0.206 e. The van der Waals surface area contributed by atoms with Gasteiger partial charge in [-0.3, -0.25) is 0 Å². The summed E-state index contributed by atoms with van der Waals surface area (Å²) in [6.45, 7) is 0.718. The van der Waals surface area contributed by atoms with E-state index in [2.05, 4.69) is 0 Å². The molecular formula is C12H16ClNO2S2. The molecule has 6 heteroatoms. The Morgan fingerprint density at radius 1 is 1.39 bits per heavy atom. The molecule has 3 nitrogen and oxygen atoms in total. The summed E-state index contributed by atoms with van der Waals surface area (Å²) < 4.78 is 27.3. The van der Waals surface area contributed by atoms with Crippen molar-refractivity contribution in [2.75, 3.05) is 12.4 Å². The summed E-state index contributed by atoms with van der Waals surface area (Å²) in [5.41, 5.74) is 0. The van der Waals surface area contributed by atoms with Gasteiger partial charge in [0, 0.05) is 23.3 Å². The van der Waals surface area contributed by atoms with Crippen LogP contribution in [0.25, 0.3) is 0 Å². The van der Waals surface area contributed by atoms with Gasteiger partial charge in [0.05, 0.1) is 0 Å². The number of halogens is 1. The van der Waals surface area contributed by atoms with Crippen LogP contribution in [0.3, 0.4) is 0 Å². The van der Waals surface area contributed by atoms with Crippen LogP contribution in [0.2, 0.25) is 0 Å². The summed E-state index contributed by atoms with van der Waals surface area (Å²) in [6.07, 6.45) is 4.02. The lowest BCUT2D eigenvalue weighted by molar-refractivity contribution is 0.334. The number of alkyl halides is 1. The van der Waals surface area contributed by atoms with Gasteiger partial charge < -0.3 is 0 Å². The summed E-state index contributed by atoms with van der Waals surface area (Å²) in [5.74, 6) is 1.13. The topological polar surface area (TPSA) is 37.4 Å². The third-order valence-corrected chi connectivity index (χ3v) is 7.62. The number of thiophene rings is 1. The molecule has 1 aromatic rings. The molecule has 2 atom stereocenters. The monoisotopic (exact) mass is 305 g/mol. The third-order valence-electron chi connectivity index (χ3n) is 3.90. The Kier molecular flexibility index (Phi) is 3.43. The van der Waals surface area contributed by atoms with E-state index < -0.39 is 10.0 Å². The summed E-state index contributed by atoms with van der Waals surface area (Å²) in [5, 5.41) is 0. The highest BCUT2D eigenvalue weighted by molar-refractivity contribution is 7.91. The molecule has 100 valence electrons. The fourth-order valence-electron chi connectivity index (χ4n) is 3.01. The Morgan fingerprint density at radius 2 is 2.22 bits per heavy atom. The first-order chi connectivity index (χ1) is 8.61. The zero-order valence-electron chi connectivity index (χ0n) is 10.0. The molecule has 1 aromatic heterocycles. The van der Waals surface area contributed by atoms with Crippen molar-refractivity contribution in [1.29, 1.82) is 0 Å². The second-order valence-electron chi connectivity index (χ2n) is 5.07. The molecule has 18 heavy (non-hydrogen) atoms. The molecule has 0 spiro atoms. The van der Waals surface area contributed by atoms with E-state index in [0.29, 0.717) is 16.0 Å². The Hall–Kier alpha value is -0.100. The van der Waals surface area contributed by atoms with Crippen LogP contribution in [0.15, 0.2) is 16.3 Å². The molecule has 0 N–H and O–H groups in total. The van der Waals surface area contributed by atoms with Crippen molar-refractivity contribution in [2.45, 2.75) is 35.9 Å². The normalized spacial score (nSPS) is 28.1. The van der Waals surface area contributed by atoms with Gasteiger partial charge in [-0.2, -0.15) is 4.31 Å². The van der Waals surface area contributed by atoms with Crippen molar-refractivity contribution in [3.8, 4) is 0 Å². The zero-order valence-corrected chi connectivity index (χ0v) is 12.4. The fraction of sp³-hybridized carbons (Fsp3) is 0.667. The summed E-state index contributed by atoms with van der Waals surface area (Å²) in [7, 11) is -3.26. The van der Waals surface area contributed by atoms with E-state index >= 15 is 0 Å². The summed E-state index contributed by atoms with van der Waals surface area (Å²) in [6, 6.07) is 3.86. The van der Waals surface area contributed by atoms with Crippen molar-refractivity contribution in [3.05, 3.63) is 17.0 Å². The van der Waals surface area contributed by atoms with E-state index in [-0.39, 0.29) is 6.04 Å². The average Bonchev–Trinajstić information content (AvgIpc) is 3.04. The van der Waals surface area contributed by atoms with Crippen LogP contribution in [0, 0.1) is 5.92 Å². The number of rotatable bonds is 4. The van der Waals surface area contributed by atoms with E-state index in [1.807, 2.05) is 6.07 Å². The lowest BCUT2D eigenvalue weighted by atomic mass is 10.1. The van der Waals surface area contributed by atoms with Crippen molar-refractivity contribution in [1.82, 2.24) is 4.31 Å². The van der Waals surface area contributed by atoms with Crippen LogP contribution < -0.4 is 0 Å². The van der Waals surface area contributed by atoms with Crippen LogP contribution in [0.4, 0.5) is 0 Å². The van der Waals surface area contributed by atoms with Crippen LogP contribution in [0.1, 0.15) is 24.1 Å². The minimum absolute atomic E-state index is 0.249. The highest BCUT2D eigenvalue weighted by Crippen LogP contribution is 2.41. The first kappa shape index (κ1) is 12.9. The Bertz CT molecular complexity index is 540. The van der Waals surface area contributed by atoms with Gasteiger partial charge in [0.25, 0.3) is 10.0 Å². The van der Waals surface area contributed by atoms with E-state index in [4.69, 9.17) is 11.6 Å². The first-order valence-corrected chi connectivity index (χ1v) is 9.07. The van der Waals surface area contributed by atoms with Gasteiger partial charge in [-0.1, -0.05) is 0 Å². The largest absolute Gasteiger partial charge is 0.252 e. The Morgan fingerprint density at radius 3 is 2.83 bits per heavy atom. The number of hydrogen-bond acceptors (Lipinski definition) is 3. The maximum absolute atomic E-state index is 12.5. The number of hydrogen-bond donors (Lipinski definition) is 0. The van der Waals surface area contributed by atoms with Crippen molar-refractivity contribution < 1.29 is 8.42 Å². The van der Waals surface area contributed by atoms with Crippen LogP contribution >= 0.6 is 22.9 Å². The first-order valence-electron chi connectivity index (χ1n) is 6.28. The molecule has 0 amide bonds. The number of sulfonamides is 1. The molecule has 3 rings (SSSR count). The maximum atomic E-state index is 12.5. The van der Waals surface area contributed by atoms with Gasteiger partial charge in [-0.25, -0.2) is 8.42 Å². The highest BCUT2D eigenvalue weighted by Gasteiger charge is 2.44. The molecular weight excluding hydrogens is 290 g/mol. The Balaban J connectivity index is 1.85.